The first-order valence-electron chi connectivity index (χ1n) is 4.68. The Bertz CT molecular complexity index is 328. The first-order valence-corrected chi connectivity index (χ1v) is 5.66. The lowest BCUT2D eigenvalue weighted by Crippen LogP contribution is -2.00. The first-order chi connectivity index (χ1) is 7.24. The zero-order valence-electron chi connectivity index (χ0n) is 8.53. The highest BCUT2D eigenvalue weighted by Gasteiger charge is 2.03. The van der Waals surface area contributed by atoms with Gasteiger partial charge < -0.3 is 4.74 Å². The largest absolute Gasteiger partial charge is 0.469 e. The van der Waals surface area contributed by atoms with Gasteiger partial charge in [0.25, 0.3) is 0 Å². The monoisotopic (exact) mass is 228 g/mol. The second kappa shape index (κ2) is 6.45. The van der Waals surface area contributed by atoms with Gasteiger partial charge in [0.1, 0.15) is 5.82 Å². The molecule has 0 fully saturated rings. The van der Waals surface area contributed by atoms with Crippen molar-refractivity contribution in [2.24, 2.45) is 0 Å². The van der Waals surface area contributed by atoms with E-state index >= 15 is 0 Å². The maximum Gasteiger partial charge on any atom is 0.305 e. The van der Waals surface area contributed by atoms with Crippen molar-refractivity contribution in [2.45, 2.75) is 17.7 Å². The van der Waals surface area contributed by atoms with Crippen LogP contribution in [0.3, 0.4) is 0 Å². The van der Waals surface area contributed by atoms with Crippen LogP contribution >= 0.6 is 11.8 Å². The number of methoxy groups -OCH3 is 1. The Hall–Kier alpha value is -1.03. The standard InChI is InChI=1S/C11H13FO2S/c1-14-11(13)7-4-8-15-10-6-3-2-5-9(10)12/h2-3,5-6H,4,7-8H2,1H3. The predicted octanol–water partition coefficient (Wildman–Crippen LogP) is 2.87. The van der Waals surface area contributed by atoms with Crippen LogP contribution in [-0.4, -0.2) is 18.8 Å². The van der Waals surface area contributed by atoms with Gasteiger partial charge in [0.2, 0.25) is 0 Å². The second-order valence-corrected chi connectivity index (χ2v) is 4.10. The quantitative estimate of drug-likeness (QED) is 0.440. The van der Waals surface area contributed by atoms with E-state index in [9.17, 15) is 9.18 Å². The zero-order valence-corrected chi connectivity index (χ0v) is 9.35. The Morgan fingerprint density at radius 1 is 1.47 bits per heavy atom. The summed E-state index contributed by atoms with van der Waals surface area (Å²) in [7, 11) is 1.37. The SMILES string of the molecule is COC(=O)CCCSc1ccccc1F. The number of ether oxygens (including phenoxy) is 1. The summed E-state index contributed by atoms with van der Waals surface area (Å²) in [6.07, 6.45) is 1.09. The van der Waals surface area contributed by atoms with Crippen molar-refractivity contribution in [1.82, 2.24) is 0 Å². The Balaban J connectivity index is 2.26. The maximum absolute atomic E-state index is 13.1. The minimum absolute atomic E-state index is 0.208. The van der Waals surface area contributed by atoms with Crippen LogP contribution in [0.2, 0.25) is 0 Å². The summed E-state index contributed by atoms with van der Waals surface area (Å²) in [5, 5.41) is 0. The summed E-state index contributed by atoms with van der Waals surface area (Å²) in [4.78, 5) is 11.4. The Morgan fingerprint density at radius 3 is 2.87 bits per heavy atom. The summed E-state index contributed by atoms with van der Waals surface area (Å²) in [5.41, 5.74) is 0. The van der Waals surface area contributed by atoms with E-state index in [-0.39, 0.29) is 11.8 Å². The molecule has 0 heterocycles. The molecule has 0 radical (unpaired) electrons. The van der Waals surface area contributed by atoms with Crippen LogP contribution in [0.4, 0.5) is 4.39 Å². The van der Waals surface area contributed by atoms with Crippen molar-refractivity contribution in [2.75, 3.05) is 12.9 Å². The smallest absolute Gasteiger partial charge is 0.305 e. The molecule has 0 atom stereocenters. The molecular weight excluding hydrogens is 215 g/mol. The van der Waals surface area contributed by atoms with Crippen molar-refractivity contribution >= 4 is 17.7 Å². The third-order valence-corrected chi connectivity index (χ3v) is 2.98. The number of benzene rings is 1. The lowest BCUT2D eigenvalue weighted by molar-refractivity contribution is -0.140. The van der Waals surface area contributed by atoms with Crippen molar-refractivity contribution in [3.05, 3.63) is 30.1 Å². The molecule has 0 N–H and O–H groups in total. The fourth-order valence-corrected chi connectivity index (χ4v) is 1.95. The van der Waals surface area contributed by atoms with Gasteiger partial charge in [-0.1, -0.05) is 12.1 Å². The van der Waals surface area contributed by atoms with Gasteiger partial charge in [-0.15, -0.1) is 11.8 Å². The Labute approximate surface area is 92.8 Å². The number of hydrogen-bond donors (Lipinski definition) is 0. The fraction of sp³-hybridized carbons (Fsp3) is 0.364. The van der Waals surface area contributed by atoms with Gasteiger partial charge in [-0.2, -0.15) is 0 Å². The molecular formula is C11H13FO2S. The van der Waals surface area contributed by atoms with Crippen LogP contribution in [0, 0.1) is 5.82 Å². The van der Waals surface area contributed by atoms with Crippen molar-refractivity contribution in [3.8, 4) is 0 Å². The molecule has 0 bridgehead atoms. The minimum atomic E-state index is -0.218. The van der Waals surface area contributed by atoms with E-state index < -0.39 is 0 Å². The summed E-state index contributed by atoms with van der Waals surface area (Å²) in [6.45, 7) is 0. The van der Waals surface area contributed by atoms with E-state index in [0.717, 1.165) is 5.75 Å². The van der Waals surface area contributed by atoms with Gasteiger partial charge in [-0.25, -0.2) is 4.39 Å². The minimum Gasteiger partial charge on any atom is -0.469 e. The number of esters is 1. The van der Waals surface area contributed by atoms with Crippen LogP contribution in [0.1, 0.15) is 12.8 Å². The van der Waals surface area contributed by atoms with Crippen LogP contribution in [0.25, 0.3) is 0 Å². The van der Waals surface area contributed by atoms with E-state index in [0.29, 0.717) is 17.7 Å². The molecule has 0 aromatic heterocycles. The van der Waals surface area contributed by atoms with Crippen molar-refractivity contribution in [1.29, 1.82) is 0 Å². The lowest BCUT2D eigenvalue weighted by Gasteiger charge is -2.02. The second-order valence-electron chi connectivity index (χ2n) is 2.96. The van der Waals surface area contributed by atoms with Gasteiger partial charge in [0.05, 0.1) is 7.11 Å². The highest BCUT2D eigenvalue weighted by molar-refractivity contribution is 7.99. The van der Waals surface area contributed by atoms with Crippen LogP contribution in [-0.2, 0) is 9.53 Å². The molecule has 0 saturated heterocycles. The average molecular weight is 228 g/mol. The number of rotatable bonds is 5. The summed E-state index contributed by atoms with van der Waals surface area (Å²) in [5.74, 6) is 0.292. The molecule has 2 nitrogen and oxygen atoms in total. The molecule has 0 saturated carbocycles. The molecule has 1 aromatic carbocycles. The van der Waals surface area contributed by atoms with E-state index in [4.69, 9.17) is 0 Å². The molecule has 0 amide bonds. The third-order valence-electron chi connectivity index (χ3n) is 1.85. The van der Waals surface area contributed by atoms with Crippen molar-refractivity contribution in [3.63, 3.8) is 0 Å². The molecule has 82 valence electrons. The molecule has 1 aromatic rings. The lowest BCUT2D eigenvalue weighted by atomic mass is 10.3. The van der Waals surface area contributed by atoms with E-state index in [1.807, 2.05) is 0 Å². The van der Waals surface area contributed by atoms with Crippen molar-refractivity contribution < 1.29 is 13.9 Å². The topological polar surface area (TPSA) is 26.3 Å². The number of carbonyl (C=O) groups excluding carboxylic acids is 1. The Kier molecular flexibility index (Phi) is 5.18. The van der Waals surface area contributed by atoms with Crippen LogP contribution in [0.15, 0.2) is 29.2 Å². The number of hydrogen-bond acceptors (Lipinski definition) is 3. The molecule has 0 unspecified atom stereocenters. The average Bonchev–Trinajstić information content (AvgIpc) is 2.26. The number of thioether (sulfide) groups is 1. The van der Waals surface area contributed by atoms with Gasteiger partial charge >= 0.3 is 5.97 Å². The molecule has 15 heavy (non-hydrogen) atoms. The number of halogens is 1. The third kappa shape index (κ3) is 4.34. The summed E-state index contributed by atoms with van der Waals surface area (Å²) < 4.78 is 17.6. The normalized spacial score (nSPS) is 10.0. The highest BCUT2D eigenvalue weighted by atomic mass is 32.2. The summed E-state index contributed by atoms with van der Waals surface area (Å²) >= 11 is 1.42. The van der Waals surface area contributed by atoms with Crippen LogP contribution in [0.5, 0.6) is 0 Å². The van der Waals surface area contributed by atoms with Gasteiger partial charge in [0, 0.05) is 11.3 Å². The molecule has 4 heteroatoms. The maximum atomic E-state index is 13.1. The summed E-state index contributed by atoms with van der Waals surface area (Å²) in [6, 6.07) is 6.63. The molecule has 0 spiro atoms. The fourth-order valence-electron chi connectivity index (χ4n) is 1.06. The van der Waals surface area contributed by atoms with E-state index in [1.54, 1.807) is 18.2 Å². The highest BCUT2D eigenvalue weighted by Crippen LogP contribution is 2.22. The first kappa shape index (κ1) is 12.0. The molecule has 0 aliphatic heterocycles. The van der Waals surface area contributed by atoms with Gasteiger partial charge in [-0.3, -0.25) is 4.79 Å². The van der Waals surface area contributed by atoms with Gasteiger partial charge in [-0.05, 0) is 24.3 Å². The number of carbonyl (C=O) groups is 1. The van der Waals surface area contributed by atoms with E-state index in [1.165, 1.54) is 24.9 Å². The van der Waals surface area contributed by atoms with E-state index in [2.05, 4.69) is 4.74 Å². The molecule has 0 aliphatic carbocycles. The van der Waals surface area contributed by atoms with Crippen LogP contribution < -0.4 is 0 Å². The predicted molar refractivity (Wildman–Crippen MR) is 58.4 cm³/mol. The zero-order chi connectivity index (χ0) is 11.1. The molecule has 1 rings (SSSR count). The molecule has 0 aliphatic rings. The Morgan fingerprint density at radius 2 is 2.20 bits per heavy atom. The van der Waals surface area contributed by atoms with Gasteiger partial charge in [0.15, 0.2) is 0 Å².